The van der Waals surface area contributed by atoms with E-state index in [0.29, 0.717) is 18.0 Å². The zero-order valence-corrected chi connectivity index (χ0v) is 18.7. The van der Waals surface area contributed by atoms with Crippen molar-refractivity contribution in [2.75, 3.05) is 0 Å². The summed E-state index contributed by atoms with van der Waals surface area (Å²) >= 11 is 5.96. The lowest BCUT2D eigenvalue weighted by Crippen LogP contribution is -2.53. The molecule has 2 amide bonds. The predicted molar refractivity (Wildman–Crippen MR) is 119 cm³/mol. The maximum Gasteiger partial charge on any atom is 0.243 e. The van der Waals surface area contributed by atoms with Gasteiger partial charge in [0.25, 0.3) is 0 Å². The Morgan fingerprint density at radius 3 is 2.24 bits per heavy atom. The van der Waals surface area contributed by atoms with Crippen LogP contribution in [0.3, 0.4) is 0 Å². The maximum absolute atomic E-state index is 13.3. The fourth-order valence-electron chi connectivity index (χ4n) is 3.22. The monoisotopic (exact) mass is 414 g/mol. The summed E-state index contributed by atoms with van der Waals surface area (Å²) < 4.78 is 0. The zero-order chi connectivity index (χ0) is 21.6. The fourth-order valence-corrected chi connectivity index (χ4v) is 3.35. The molecule has 2 aromatic rings. The number of carbonyl (C=O) groups excluding carboxylic acids is 2. The molecule has 0 saturated heterocycles. The van der Waals surface area contributed by atoms with Gasteiger partial charge in [-0.3, -0.25) is 9.59 Å². The molecule has 0 saturated carbocycles. The number of halogens is 1. The van der Waals surface area contributed by atoms with Gasteiger partial charge in [-0.25, -0.2) is 0 Å². The number of rotatable bonds is 7. The molecule has 1 atom stereocenters. The van der Waals surface area contributed by atoms with Crippen molar-refractivity contribution < 1.29 is 9.59 Å². The summed E-state index contributed by atoms with van der Waals surface area (Å²) in [5.74, 6) is -0.204. The topological polar surface area (TPSA) is 49.4 Å². The predicted octanol–water partition coefficient (Wildman–Crippen LogP) is 4.91. The van der Waals surface area contributed by atoms with E-state index in [2.05, 4.69) is 5.32 Å². The van der Waals surface area contributed by atoms with Gasteiger partial charge < -0.3 is 10.2 Å². The van der Waals surface area contributed by atoms with E-state index >= 15 is 0 Å². The van der Waals surface area contributed by atoms with Crippen molar-refractivity contribution in [3.05, 3.63) is 70.2 Å². The third-order valence-corrected chi connectivity index (χ3v) is 5.01. The van der Waals surface area contributed by atoms with Crippen LogP contribution >= 0.6 is 11.6 Å². The Hall–Kier alpha value is -2.33. The van der Waals surface area contributed by atoms with E-state index in [1.54, 1.807) is 17.0 Å². The number of aryl methyl sites for hydroxylation is 1. The summed E-state index contributed by atoms with van der Waals surface area (Å²) in [5.41, 5.74) is 2.65. The Kier molecular flexibility index (Phi) is 7.86. The van der Waals surface area contributed by atoms with Crippen molar-refractivity contribution in [3.8, 4) is 0 Å². The highest BCUT2D eigenvalue weighted by molar-refractivity contribution is 6.30. The second kappa shape index (κ2) is 9.93. The van der Waals surface area contributed by atoms with Gasteiger partial charge in [0, 0.05) is 17.1 Å². The van der Waals surface area contributed by atoms with Gasteiger partial charge in [0.05, 0.1) is 6.42 Å². The first kappa shape index (κ1) is 23.0. The van der Waals surface area contributed by atoms with Crippen LogP contribution in [0.4, 0.5) is 0 Å². The SMILES string of the molecule is CC[C@H](C(=O)NC(C)(C)C)N(Cc1ccccc1C)C(=O)Cc1ccc(Cl)cc1. The van der Waals surface area contributed by atoms with Crippen molar-refractivity contribution in [3.63, 3.8) is 0 Å². The molecule has 0 spiro atoms. The molecule has 1 N–H and O–H groups in total. The molecule has 2 rings (SSSR count). The third-order valence-electron chi connectivity index (χ3n) is 4.75. The lowest BCUT2D eigenvalue weighted by molar-refractivity contribution is -0.141. The summed E-state index contributed by atoms with van der Waals surface area (Å²) in [5, 5.41) is 3.66. The standard InChI is InChI=1S/C24H31ClN2O2/c1-6-21(23(29)26-24(3,4)5)27(16-19-10-8-7-9-17(19)2)22(28)15-18-11-13-20(25)14-12-18/h7-14,21H,6,15-16H2,1-5H3,(H,26,29)/t21-/m1/s1. The largest absolute Gasteiger partial charge is 0.350 e. The molecule has 0 fully saturated rings. The molecular formula is C24H31ClN2O2. The molecule has 0 unspecified atom stereocenters. The van der Waals surface area contributed by atoms with Crippen LogP contribution in [0.5, 0.6) is 0 Å². The van der Waals surface area contributed by atoms with Gasteiger partial charge in [-0.2, -0.15) is 0 Å². The van der Waals surface area contributed by atoms with Crippen LogP contribution < -0.4 is 5.32 Å². The maximum atomic E-state index is 13.3. The molecule has 156 valence electrons. The number of nitrogens with one attached hydrogen (secondary N) is 1. The summed E-state index contributed by atoms with van der Waals surface area (Å²) in [6.07, 6.45) is 0.766. The van der Waals surface area contributed by atoms with Crippen molar-refractivity contribution in [1.29, 1.82) is 0 Å². The highest BCUT2D eigenvalue weighted by Gasteiger charge is 2.30. The van der Waals surface area contributed by atoms with Crippen LogP contribution in [0.2, 0.25) is 5.02 Å². The van der Waals surface area contributed by atoms with Gasteiger partial charge in [0.2, 0.25) is 11.8 Å². The second-order valence-electron chi connectivity index (χ2n) is 8.41. The Morgan fingerprint density at radius 2 is 1.69 bits per heavy atom. The number of amides is 2. The molecule has 0 aliphatic heterocycles. The van der Waals surface area contributed by atoms with Crippen LogP contribution in [0.25, 0.3) is 0 Å². The van der Waals surface area contributed by atoms with Crippen molar-refractivity contribution in [1.82, 2.24) is 10.2 Å². The van der Waals surface area contributed by atoms with E-state index < -0.39 is 6.04 Å². The Labute approximate surface area is 179 Å². The summed E-state index contributed by atoms with van der Waals surface area (Å²) in [4.78, 5) is 28.0. The van der Waals surface area contributed by atoms with E-state index in [9.17, 15) is 9.59 Å². The Balaban J connectivity index is 2.32. The summed E-state index contributed by atoms with van der Waals surface area (Å²) in [6, 6.07) is 14.7. The van der Waals surface area contributed by atoms with Gasteiger partial charge in [-0.15, -0.1) is 0 Å². The average molecular weight is 415 g/mol. The molecule has 0 aromatic heterocycles. The van der Waals surface area contributed by atoms with Crippen LogP contribution in [-0.2, 0) is 22.6 Å². The summed E-state index contributed by atoms with van der Waals surface area (Å²) in [7, 11) is 0. The molecule has 0 radical (unpaired) electrons. The molecule has 0 bridgehead atoms. The highest BCUT2D eigenvalue weighted by Crippen LogP contribution is 2.18. The quantitative estimate of drug-likeness (QED) is 0.699. The van der Waals surface area contributed by atoms with Crippen LogP contribution in [-0.4, -0.2) is 28.3 Å². The van der Waals surface area contributed by atoms with Crippen LogP contribution in [0, 0.1) is 6.92 Å². The first-order valence-electron chi connectivity index (χ1n) is 10.0. The van der Waals surface area contributed by atoms with Gasteiger partial charge in [-0.1, -0.05) is 54.9 Å². The number of hydrogen-bond acceptors (Lipinski definition) is 2. The van der Waals surface area contributed by atoms with E-state index in [-0.39, 0.29) is 23.8 Å². The Bertz CT molecular complexity index is 841. The van der Waals surface area contributed by atoms with Crippen LogP contribution in [0.1, 0.15) is 50.8 Å². The first-order valence-corrected chi connectivity index (χ1v) is 10.4. The minimum Gasteiger partial charge on any atom is -0.350 e. The number of nitrogens with zero attached hydrogens (tertiary/aromatic N) is 1. The average Bonchev–Trinajstić information content (AvgIpc) is 2.63. The molecule has 4 nitrogen and oxygen atoms in total. The smallest absolute Gasteiger partial charge is 0.243 e. The van der Waals surface area contributed by atoms with Gasteiger partial charge in [0.15, 0.2) is 0 Å². The third kappa shape index (κ3) is 6.90. The van der Waals surface area contributed by atoms with Crippen molar-refractivity contribution in [2.45, 2.75) is 65.6 Å². The highest BCUT2D eigenvalue weighted by atomic mass is 35.5. The molecule has 29 heavy (non-hydrogen) atoms. The van der Waals surface area contributed by atoms with E-state index in [0.717, 1.165) is 16.7 Å². The lowest BCUT2D eigenvalue weighted by Gasteiger charge is -2.33. The van der Waals surface area contributed by atoms with E-state index in [4.69, 9.17) is 11.6 Å². The molecule has 0 aliphatic carbocycles. The Morgan fingerprint density at radius 1 is 1.07 bits per heavy atom. The van der Waals surface area contributed by atoms with Gasteiger partial charge >= 0.3 is 0 Å². The fraction of sp³-hybridized carbons (Fsp3) is 0.417. The van der Waals surface area contributed by atoms with E-state index in [1.807, 2.05) is 71.0 Å². The van der Waals surface area contributed by atoms with Gasteiger partial charge in [-0.05, 0) is 62.9 Å². The molecule has 5 heteroatoms. The van der Waals surface area contributed by atoms with Crippen LogP contribution in [0.15, 0.2) is 48.5 Å². The van der Waals surface area contributed by atoms with Crippen molar-refractivity contribution in [2.24, 2.45) is 0 Å². The van der Waals surface area contributed by atoms with Crippen molar-refractivity contribution >= 4 is 23.4 Å². The molecule has 0 heterocycles. The van der Waals surface area contributed by atoms with Gasteiger partial charge in [0.1, 0.15) is 6.04 Å². The minimum absolute atomic E-state index is 0.0773. The molecular weight excluding hydrogens is 384 g/mol. The second-order valence-corrected chi connectivity index (χ2v) is 8.85. The normalized spacial score (nSPS) is 12.3. The first-order chi connectivity index (χ1) is 13.6. The molecule has 0 aliphatic rings. The summed E-state index contributed by atoms with van der Waals surface area (Å²) in [6.45, 7) is 10.2. The number of carbonyl (C=O) groups is 2. The zero-order valence-electron chi connectivity index (χ0n) is 18.0. The number of benzene rings is 2. The lowest BCUT2D eigenvalue weighted by atomic mass is 10.0. The van der Waals surface area contributed by atoms with E-state index in [1.165, 1.54) is 0 Å². The number of hydrogen-bond donors (Lipinski definition) is 1. The minimum atomic E-state index is -0.534. The molecule has 2 aromatic carbocycles.